The lowest BCUT2D eigenvalue weighted by Gasteiger charge is -2.15. The maximum atomic E-state index is 13.2. The third-order valence-electron chi connectivity index (χ3n) is 4.93. The molecule has 144 valence electrons. The fourth-order valence-corrected chi connectivity index (χ4v) is 4.53. The summed E-state index contributed by atoms with van der Waals surface area (Å²) in [7, 11) is 0. The summed E-state index contributed by atoms with van der Waals surface area (Å²) in [6.07, 6.45) is 1.91. The molecule has 0 unspecified atom stereocenters. The minimum atomic E-state index is -0.240. The van der Waals surface area contributed by atoms with Crippen molar-refractivity contribution in [1.29, 1.82) is 5.26 Å². The summed E-state index contributed by atoms with van der Waals surface area (Å²) in [5, 5.41) is 9.85. The molecular weight excluding hydrogens is 374 g/mol. The van der Waals surface area contributed by atoms with E-state index in [4.69, 9.17) is 0 Å². The number of nitrogens with zero attached hydrogens (tertiary/aromatic N) is 1. The maximum Gasteiger partial charge on any atom is 0.204 e. The number of hydrogen-bond acceptors (Lipinski definition) is 3. The lowest BCUT2D eigenvalue weighted by molar-refractivity contribution is 0.104. The molecular formula is C26H23NOS. The molecule has 3 aromatic carbocycles. The van der Waals surface area contributed by atoms with E-state index in [1.807, 2.05) is 62.6 Å². The summed E-state index contributed by atoms with van der Waals surface area (Å²) in [5.74, 6) is -0.240. The van der Waals surface area contributed by atoms with Crippen LogP contribution >= 0.6 is 11.8 Å². The Morgan fingerprint density at radius 2 is 1.41 bits per heavy atom. The summed E-state index contributed by atoms with van der Waals surface area (Å²) >= 11 is 1.45. The Morgan fingerprint density at radius 3 is 1.93 bits per heavy atom. The van der Waals surface area contributed by atoms with Gasteiger partial charge in [-0.15, -0.1) is 11.8 Å². The van der Waals surface area contributed by atoms with Crippen LogP contribution in [0.25, 0.3) is 16.0 Å². The topological polar surface area (TPSA) is 40.9 Å². The predicted octanol–water partition coefficient (Wildman–Crippen LogP) is 6.76. The van der Waals surface area contributed by atoms with Gasteiger partial charge in [-0.05, 0) is 54.8 Å². The van der Waals surface area contributed by atoms with E-state index in [1.54, 1.807) is 12.1 Å². The van der Waals surface area contributed by atoms with E-state index in [2.05, 4.69) is 25.1 Å². The van der Waals surface area contributed by atoms with Gasteiger partial charge in [0.1, 0.15) is 11.6 Å². The monoisotopic (exact) mass is 397 g/mol. The van der Waals surface area contributed by atoms with Gasteiger partial charge in [-0.2, -0.15) is 5.26 Å². The van der Waals surface area contributed by atoms with Gasteiger partial charge in [0.2, 0.25) is 5.78 Å². The van der Waals surface area contributed by atoms with Crippen LogP contribution in [-0.2, 0) is 0 Å². The molecule has 0 aliphatic rings. The van der Waals surface area contributed by atoms with Gasteiger partial charge in [0.25, 0.3) is 0 Å². The van der Waals surface area contributed by atoms with Gasteiger partial charge in [0, 0.05) is 10.5 Å². The van der Waals surface area contributed by atoms with Crippen LogP contribution in [0.4, 0.5) is 0 Å². The minimum absolute atomic E-state index is 0.194. The molecule has 3 heteroatoms. The van der Waals surface area contributed by atoms with E-state index < -0.39 is 0 Å². The van der Waals surface area contributed by atoms with Crippen molar-refractivity contribution >= 4 is 22.5 Å². The third kappa shape index (κ3) is 4.34. The number of carbonyl (C=O) groups excluding carboxylic acids is 1. The Labute approximate surface area is 176 Å². The van der Waals surface area contributed by atoms with Gasteiger partial charge in [-0.1, -0.05) is 72.3 Å². The van der Waals surface area contributed by atoms with Crippen LogP contribution in [0.2, 0.25) is 0 Å². The highest BCUT2D eigenvalue weighted by Crippen LogP contribution is 2.35. The van der Waals surface area contributed by atoms with Crippen LogP contribution in [0, 0.1) is 32.1 Å². The summed E-state index contributed by atoms with van der Waals surface area (Å²) in [6.45, 7) is 6.11. The fourth-order valence-electron chi connectivity index (χ4n) is 3.66. The van der Waals surface area contributed by atoms with Gasteiger partial charge in [-0.3, -0.25) is 4.79 Å². The number of thioether (sulfide) groups is 1. The zero-order chi connectivity index (χ0) is 21.0. The molecule has 0 heterocycles. The summed E-state index contributed by atoms with van der Waals surface area (Å²) < 4.78 is 0. The van der Waals surface area contributed by atoms with Crippen molar-refractivity contribution in [3.05, 3.63) is 100 Å². The molecule has 0 atom stereocenters. The number of ketones is 1. The first-order valence-corrected chi connectivity index (χ1v) is 10.7. The molecule has 0 saturated carbocycles. The van der Waals surface area contributed by atoms with Crippen molar-refractivity contribution in [2.45, 2.75) is 20.8 Å². The first-order chi connectivity index (χ1) is 14.0. The molecule has 3 rings (SSSR count). The molecule has 0 bridgehead atoms. The third-order valence-corrected chi connectivity index (χ3v) is 5.74. The Hall–Kier alpha value is -3.09. The van der Waals surface area contributed by atoms with Crippen LogP contribution in [0.5, 0.6) is 0 Å². The number of hydrogen-bond donors (Lipinski definition) is 0. The van der Waals surface area contributed by atoms with Crippen molar-refractivity contribution < 1.29 is 4.79 Å². The summed E-state index contributed by atoms with van der Waals surface area (Å²) in [5.41, 5.74) is 7.16. The van der Waals surface area contributed by atoms with Crippen molar-refractivity contribution in [2.75, 3.05) is 6.26 Å². The normalized spacial score (nSPS) is 11.6. The predicted molar refractivity (Wildman–Crippen MR) is 123 cm³/mol. The van der Waals surface area contributed by atoms with Gasteiger partial charge in [-0.25, -0.2) is 0 Å². The van der Waals surface area contributed by atoms with Crippen LogP contribution in [0.1, 0.15) is 32.6 Å². The van der Waals surface area contributed by atoms with Crippen molar-refractivity contribution in [1.82, 2.24) is 0 Å². The molecule has 0 amide bonds. The largest absolute Gasteiger partial charge is 0.288 e. The summed E-state index contributed by atoms with van der Waals surface area (Å²) in [4.78, 5) is 13.9. The van der Waals surface area contributed by atoms with E-state index in [0.29, 0.717) is 5.56 Å². The van der Waals surface area contributed by atoms with Gasteiger partial charge in [0.05, 0.1) is 0 Å². The molecule has 0 aliphatic heterocycles. The molecule has 29 heavy (non-hydrogen) atoms. The molecule has 0 saturated heterocycles. The van der Waals surface area contributed by atoms with E-state index in [-0.39, 0.29) is 11.4 Å². The van der Waals surface area contributed by atoms with Crippen molar-refractivity contribution in [3.63, 3.8) is 0 Å². The molecule has 2 nitrogen and oxygen atoms in total. The second-order valence-corrected chi connectivity index (χ2v) is 7.88. The first kappa shape index (κ1) is 20.6. The highest BCUT2D eigenvalue weighted by atomic mass is 32.2. The van der Waals surface area contributed by atoms with E-state index in [9.17, 15) is 10.1 Å². The molecule has 0 N–H and O–H groups in total. The zero-order valence-electron chi connectivity index (χ0n) is 17.1. The van der Waals surface area contributed by atoms with Crippen molar-refractivity contribution in [3.8, 4) is 17.2 Å². The number of allylic oxidation sites excluding steroid dienone is 1. The first-order valence-electron chi connectivity index (χ1n) is 9.43. The minimum Gasteiger partial charge on any atom is -0.288 e. The Balaban J connectivity index is 2.05. The average Bonchev–Trinajstić information content (AvgIpc) is 2.73. The standard InChI is InChI=1S/C26H23NOS/c1-17-14-18(2)24(19(3)15-17)26(29-4)23(16-27)25(28)22-12-10-21(11-13-22)20-8-6-5-7-9-20/h5-15H,1-4H3/b26-23+. The number of carbonyl (C=O) groups is 1. The molecule has 0 fully saturated rings. The fraction of sp³-hybridized carbons (Fsp3) is 0.154. The molecule has 0 spiro atoms. The van der Waals surface area contributed by atoms with Gasteiger partial charge in [0.15, 0.2) is 0 Å². The maximum absolute atomic E-state index is 13.2. The second-order valence-electron chi connectivity index (χ2n) is 7.07. The lowest BCUT2D eigenvalue weighted by atomic mass is 9.94. The zero-order valence-corrected chi connectivity index (χ0v) is 17.9. The average molecular weight is 398 g/mol. The Kier molecular flexibility index (Phi) is 6.36. The van der Waals surface area contributed by atoms with Gasteiger partial charge < -0.3 is 0 Å². The number of Topliss-reactive ketones (excluding diaryl/α,β-unsaturated/α-hetero) is 1. The van der Waals surface area contributed by atoms with Crippen LogP contribution < -0.4 is 0 Å². The number of rotatable bonds is 5. The Bertz CT molecular complexity index is 1100. The highest BCUT2D eigenvalue weighted by molar-refractivity contribution is 8.07. The van der Waals surface area contributed by atoms with Crippen LogP contribution in [0.3, 0.4) is 0 Å². The van der Waals surface area contributed by atoms with E-state index in [1.165, 1.54) is 17.3 Å². The van der Waals surface area contributed by atoms with Gasteiger partial charge >= 0.3 is 0 Å². The van der Waals surface area contributed by atoms with E-state index in [0.717, 1.165) is 32.7 Å². The quantitative estimate of drug-likeness (QED) is 0.271. The molecule has 0 radical (unpaired) electrons. The molecule has 0 aliphatic carbocycles. The number of benzene rings is 3. The summed E-state index contributed by atoms with van der Waals surface area (Å²) in [6, 6.07) is 23.8. The second kappa shape index (κ2) is 8.94. The Morgan fingerprint density at radius 1 is 0.862 bits per heavy atom. The van der Waals surface area contributed by atoms with E-state index >= 15 is 0 Å². The highest BCUT2D eigenvalue weighted by Gasteiger charge is 2.21. The number of nitriles is 1. The van der Waals surface area contributed by atoms with Crippen molar-refractivity contribution in [2.24, 2.45) is 0 Å². The smallest absolute Gasteiger partial charge is 0.204 e. The number of aryl methyl sites for hydroxylation is 3. The molecule has 0 aromatic heterocycles. The SMILES string of the molecule is CS/C(=C(\C#N)C(=O)c1ccc(-c2ccccc2)cc1)c1c(C)cc(C)cc1C. The van der Waals surface area contributed by atoms with Crippen LogP contribution in [-0.4, -0.2) is 12.0 Å². The lowest BCUT2D eigenvalue weighted by Crippen LogP contribution is -2.06. The van der Waals surface area contributed by atoms with Crippen LogP contribution in [0.15, 0.2) is 72.3 Å². The molecule has 3 aromatic rings.